The molecule has 2 aromatic rings. The molecule has 0 radical (unpaired) electrons. The van der Waals surface area contributed by atoms with E-state index in [0.717, 1.165) is 16.3 Å². The van der Waals surface area contributed by atoms with Gasteiger partial charge in [-0.2, -0.15) is 0 Å². The van der Waals surface area contributed by atoms with Crippen molar-refractivity contribution >= 4 is 50.4 Å². The molecule has 0 spiro atoms. The van der Waals surface area contributed by atoms with Crippen LogP contribution in [0.5, 0.6) is 11.5 Å². The maximum absolute atomic E-state index is 12.9. The molecule has 2 aromatic carbocycles. The summed E-state index contributed by atoms with van der Waals surface area (Å²) in [6.45, 7) is 4.19. The zero-order valence-electron chi connectivity index (χ0n) is 18.3. The van der Waals surface area contributed by atoms with Crippen LogP contribution in [0.1, 0.15) is 31.0 Å². The molecule has 0 saturated carbocycles. The monoisotopic (exact) mass is 548 g/mol. The molecule has 1 atom stereocenters. The number of hydrogen-bond acceptors (Lipinski definition) is 7. The molecular weight excluding hydrogens is 528 g/mol. The molecule has 172 valence electrons. The second-order valence-corrected chi connectivity index (χ2v) is 9.38. The molecule has 0 bridgehead atoms. The number of esters is 1. The van der Waals surface area contributed by atoms with Crippen LogP contribution in [0.3, 0.4) is 0 Å². The lowest BCUT2D eigenvalue weighted by atomic mass is 9.94. The lowest BCUT2D eigenvalue weighted by Crippen LogP contribution is -2.34. The average molecular weight is 550 g/mol. The molecule has 2 heterocycles. The number of carbonyl (C=O) groups is 1. The van der Waals surface area contributed by atoms with E-state index in [4.69, 9.17) is 25.8 Å². The first kappa shape index (κ1) is 23.7. The molecule has 0 amide bonds. The van der Waals surface area contributed by atoms with Gasteiger partial charge in [-0.05, 0) is 58.9 Å². The number of benzene rings is 2. The number of ether oxygens (including phenoxy) is 3. The smallest absolute Gasteiger partial charge is 0.338 e. The topological polar surface area (TPSA) is 60.4 Å². The van der Waals surface area contributed by atoms with E-state index in [9.17, 15) is 4.79 Å². The van der Waals surface area contributed by atoms with Gasteiger partial charge in [0.1, 0.15) is 6.61 Å². The summed E-state index contributed by atoms with van der Waals surface area (Å²) in [5.74, 6) is 0.699. The Morgan fingerprint density at radius 2 is 2.09 bits per heavy atom. The molecule has 0 fully saturated rings. The molecule has 0 aromatic heterocycles. The largest absolute Gasteiger partial charge is 0.493 e. The third kappa shape index (κ3) is 4.78. The fourth-order valence-corrected chi connectivity index (χ4v) is 5.26. The van der Waals surface area contributed by atoms with E-state index in [2.05, 4.69) is 20.9 Å². The number of thioether (sulfide) groups is 1. The normalized spacial score (nSPS) is 17.1. The third-order valence-corrected chi connectivity index (χ3v) is 6.94. The lowest BCUT2D eigenvalue weighted by Gasteiger charge is -2.33. The van der Waals surface area contributed by atoms with Crippen molar-refractivity contribution in [1.29, 1.82) is 0 Å². The molecule has 2 aliphatic rings. The van der Waals surface area contributed by atoms with Crippen molar-refractivity contribution in [3.8, 4) is 11.5 Å². The number of fused-ring (bicyclic) bond motifs is 1. The Morgan fingerprint density at radius 3 is 2.82 bits per heavy atom. The standard InChI is InChI=1S/C24H22BrClN2O4S/c1-4-31-23(29)20-14(2)27-24-28(9-10-33-24)21(20)16-11-17(25)22(19(12-16)30-3)32-13-15-7-5-6-8-18(15)26/h5-12,21H,4,13H2,1-3H3/t21-/m0/s1. The Morgan fingerprint density at radius 1 is 1.30 bits per heavy atom. The molecule has 0 saturated heterocycles. The van der Waals surface area contributed by atoms with Crippen LogP contribution < -0.4 is 9.47 Å². The second-order valence-electron chi connectivity index (χ2n) is 7.24. The van der Waals surface area contributed by atoms with Crippen molar-refractivity contribution in [3.63, 3.8) is 0 Å². The first-order chi connectivity index (χ1) is 15.9. The lowest BCUT2D eigenvalue weighted by molar-refractivity contribution is -0.139. The Balaban J connectivity index is 1.72. The number of carbonyl (C=O) groups excluding carboxylic acids is 1. The highest BCUT2D eigenvalue weighted by Gasteiger charge is 2.38. The van der Waals surface area contributed by atoms with Crippen LogP contribution in [0.25, 0.3) is 0 Å². The van der Waals surface area contributed by atoms with E-state index in [1.54, 1.807) is 14.0 Å². The van der Waals surface area contributed by atoms with Crippen molar-refractivity contribution in [2.45, 2.75) is 26.5 Å². The Hall–Kier alpha value is -2.42. The minimum atomic E-state index is -0.411. The SMILES string of the molecule is CCOC(=O)C1=C(C)N=C2SC=CN2[C@H]1c1cc(Br)c(OCc2ccccc2Cl)c(OC)c1. The van der Waals surface area contributed by atoms with Gasteiger partial charge in [-0.15, -0.1) is 0 Å². The highest BCUT2D eigenvalue weighted by Crippen LogP contribution is 2.45. The van der Waals surface area contributed by atoms with Gasteiger partial charge in [0.05, 0.1) is 35.5 Å². The maximum atomic E-state index is 12.9. The first-order valence-electron chi connectivity index (χ1n) is 10.3. The van der Waals surface area contributed by atoms with E-state index < -0.39 is 6.04 Å². The van der Waals surface area contributed by atoms with Crippen molar-refractivity contribution < 1.29 is 19.0 Å². The minimum absolute atomic E-state index is 0.283. The van der Waals surface area contributed by atoms with Gasteiger partial charge in [0.2, 0.25) is 0 Å². The van der Waals surface area contributed by atoms with Crippen molar-refractivity contribution in [3.05, 3.63) is 79.9 Å². The van der Waals surface area contributed by atoms with Gasteiger partial charge in [-0.3, -0.25) is 0 Å². The summed E-state index contributed by atoms with van der Waals surface area (Å²) in [4.78, 5) is 19.5. The van der Waals surface area contributed by atoms with Crippen LogP contribution in [0, 0.1) is 0 Å². The summed E-state index contributed by atoms with van der Waals surface area (Å²) >= 11 is 11.4. The van der Waals surface area contributed by atoms with E-state index in [1.807, 2.05) is 59.8 Å². The molecule has 33 heavy (non-hydrogen) atoms. The number of methoxy groups -OCH3 is 1. The Kier molecular flexibility index (Phi) is 7.36. The average Bonchev–Trinajstić information content (AvgIpc) is 3.26. The summed E-state index contributed by atoms with van der Waals surface area (Å²) in [6, 6.07) is 10.9. The Labute approximate surface area is 210 Å². The van der Waals surface area contributed by atoms with E-state index in [0.29, 0.717) is 32.3 Å². The van der Waals surface area contributed by atoms with Gasteiger partial charge < -0.3 is 19.1 Å². The van der Waals surface area contributed by atoms with Crippen LogP contribution in [0.15, 0.2) is 68.7 Å². The highest BCUT2D eigenvalue weighted by molar-refractivity contribution is 9.10. The fraction of sp³-hybridized carbons (Fsp3) is 0.250. The predicted molar refractivity (Wildman–Crippen MR) is 135 cm³/mol. The van der Waals surface area contributed by atoms with E-state index in [1.165, 1.54) is 11.8 Å². The highest BCUT2D eigenvalue weighted by atomic mass is 79.9. The zero-order valence-corrected chi connectivity index (χ0v) is 21.5. The third-order valence-electron chi connectivity index (χ3n) is 5.21. The van der Waals surface area contributed by atoms with Crippen LogP contribution in [-0.4, -0.2) is 29.8 Å². The first-order valence-corrected chi connectivity index (χ1v) is 12.3. The summed E-state index contributed by atoms with van der Waals surface area (Å²) in [6.07, 6.45) is 1.92. The molecule has 9 heteroatoms. The predicted octanol–water partition coefficient (Wildman–Crippen LogP) is 6.46. The molecule has 0 aliphatic carbocycles. The van der Waals surface area contributed by atoms with Crippen molar-refractivity contribution in [1.82, 2.24) is 4.90 Å². The summed E-state index contributed by atoms with van der Waals surface area (Å²) in [7, 11) is 1.58. The Bertz CT molecular complexity index is 1180. The van der Waals surface area contributed by atoms with Gasteiger partial charge in [0.15, 0.2) is 16.7 Å². The van der Waals surface area contributed by atoms with E-state index >= 15 is 0 Å². The molecule has 0 N–H and O–H groups in total. The van der Waals surface area contributed by atoms with Crippen LogP contribution in [0.4, 0.5) is 0 Å². The number of amidine groups is 1. The second kappa shape index (κ2) is 10.2. The van der Waals surface area contributed by atoms with Gasteiger partial charge in [-0.25, -0.2) is 9.79 Å². The van der Waals surface area contributed by atoms with Gasteiger partial charge in [0, 0.05) is 16.8 Å². The summed E-state index contributed by atoms with van der Waals surface area (Å²) in [5, 5.41) is 3.39. The fourth-order valence-electron chi connectivity index (χ4n) is 3.70. The van der Waals surface area contributed by atoms with Crippen molar-refractivity contribution in [2.75, 3.05) is 13.7 Å². The van der Waals surface area contributed by atoms with Crippen molar-refractivity contribution in [2.24, 2.45) is 4.99 Å². The summed E-state index contributed by atoms with van der Waals surface area (Å²) in [5.41, 5.74) is 2.83. The quantitative estimate of drug-likeness (QED) is 0.370. The number of nitrogens with zero attached hydrogens (tertiary/aromatic N) is 2. The van der Waals surface area contributed by atoms with Crippen LogP contribution in [0.2, 0.25) is 5.02 Å². The molecule has 4 rings (SSSR count). The molecular formula is C24H22BrClN2O4S. The number of rotatable bonds is 7. The number of halogens is 2. The maximum Gasteiger partial charge on any atom is 0.338 e. The van der Waals surface area contributed by atoms with E-state index in [-0.39, 0.29) is 19.2 Å². The number of allylic oxidation sites excluding steroid dienone is 1. The van der Waals surface area contributed by atoms with Gasteiger partial charge in [-0.1, -0.05) is 41.6 Å². The molecule has 0 unspecified atom stereocenters. The zero-order chi connectivity index (χ0) is 23.5. The summed E-state index contributed by atoms with van der Waals surface area (Å²) < 4.78 is 17.8. The van der Waals surface area contributed by atoms with Gasteiger partial charge >= 0.3 is 5.97 Å². The number of aliphatic imine (C=N–C) groups is 1. The molecule has 2 aliphatic heterocycles. The minimum Gasteiger partial charge on any atom is -0.493 e. The van der Waals surface area contributed by atoms with Crippen LogP contribution in [-0.2, 0) is 16.1 Å². The van der Waals surface area contributed by atoms with Crippen LogP contribution >= 0.6 is 39.3 Å². The van der Waals surface area contributed by atoms with Gasteiger partial charge in [0.25, 0.3) is 0 Å². The molecule has 6 nitrogen and oxygen atoms in total. The number of hydrogen-bond donors (Lipinski definition) is 0.